The second kappa shape index (κ2) is 5.70. The summed E-state index contributed by atoms with van der Waals surface area (Å²) in [7, 11) is 0. The van der Waals surface area contributed by atoms with Gasteiger partial charge in [0.05, 0.1) is 10.6 Å². The number of rotatable bonds is 3. The van der Waals surface area contributed by atoms with Gasteiger partial charge in [0.2, 0.25) is 0 Å². The predicted molar refractivity (Wildman–Crippen MR) is 75.0 cm³/mol. The Morgan fingerprint density at radius 1 is 1.33 bits per heavy atom. The summed E-state index contributed by atoms with van der Waals surface area (Å²) < 4.78 is 13.6. The fourth-order valence-electron chi connectivity index (χ4n) is 2.83. The summed E-state index contributed by atoms with van der Waals surface area (Å²) in [5, 5.41) is 10.4. The molecule has 1 aromatic carbocycles. The maximum atomic E-state index is 13.2. The van der Waals surface area contributed by atoms with Crippen LogP contribution < -0.4 is 0 Å². The molecule has 1 aliphatic carbocycles. The highest BCUT2D eigenvalue weighted by molar-refractivity contribution is 9.10. The number of aliphatic hydroxyl groups excluding tert-OH is 1. The first-order valence-corrected chi connectivity index (χ1v) is 7.42. The van der Waals surface area contributed by atoms with Crippen molar-refractivity contribution in [3.05, 3.63) is 34.1 Å². The van der Waals surface area contributed by atoms with Gasteiger partial charge in [0.1, 0.15) is 5.82 Å². The standard InChI is InChI=1S/C15H20BrFO/c1-15(7-3-2-4-8-15)14(18)10-11-5-6-13(17)12(16)9-11/h5-6,9,14,18H,2-4,7-8,10H2,1H3. The molecule has 1 N–H and O–H groups in total. The fraction of sp³-hybridized carbons (Fsp3) is 0.600. The van der Waals surface area contributed by atoms with Crippen LogP contribution in [0.5, 0.6) is 0 Å². The number of hydrogen-bond donors (Lipinski definition) is 1. The van der Waals surface area contributed by atoms with E-state index in [-0.39, 0.29) is 17.3 Å². The Morgan fingerprint density at radius 2 is 2.00 bits per heavy atom. The first-order valence-electron chi connectivity index (χ1n) is 6.63. The minimum absolute atomic E-state index is 0.0269. The van der Waals surface area contributed by atoms with Crippen molar-refractivity contribution >= 4 is 15.9 Å². The number of benzene rings is 1. The van der Waals surface area contributed by atoms with Gasteiger partial charge in [-0.25, -0.2) is 4.39 Å². The Hall–Kier alpha value is -0.410. The highest BCUT2D eigenvalue weighted by Gasteiger charge is 2.34. The van der Waals surface area contributed by atoms with Crippen molar-refractivity contribution in [3.8, 4) is 0 Å². The lowest BCUT2D eigenvalue weighted by Crippen LogP contribution is -2.35. The molecule has 2 rings (SSSR count). The van der Waals surface area contributed by atoms with E-state index in [2.05, 4.69) is 22.9 Å². The quantitative estimate of drug-likeness (QED) is 0.873. The molecule has 1 unspecified atom stereocenters. The van der Waals surface area contributed by atoms with Gasteiger partial charge >= 0.3 is 0 Å². The molecule has 0 radical (unpaired) electrons. The van der Waals surface area contributed by atoms with Crippen LogP contribution in [0.25, 0.3) is 0 Å². The second-order valence-electron chi connectivity index (χ2n) is 5.68. The van der Waals surface area contributed by atoms with Gasteiger partial charge in [-0.15, -0.1) is 0 Å². The average molecular weight is 315 g/mol. The summed E-state index contributed by atoms with van der Waals surface area (Å²) >= 11 is 3.19. The molecular weight excluding hydrogens is 295 g/mol. The molecule has 3 heteroatoms. The maximum absolute atomic E-state index is 13.2. The van der Waals surface area contributed by atoms with Crippen molar-refractivity contribution in [1.82, 2.24) is 0 Å². The van der Waals surface area contributed by atoms with Crippen molar-refractivity contribution in [2.45, 2.75) is 51.6 Å². The van der Waals surface area contributed by atoms with Crippen molar-refractivity contribution in [2.75, 3.05) is 0 Å². The highest BCUT2D eigenvalue weighted by atomic mass is 79.9. The lowest BCUT2D eigenvalue weighted by molar-refractivity contribution is 0.0104. The van der Waals surface area contributed by atoms with Crippen LogP contribution in [0.2, 0.25) is 0 Å². The third-order valence-electron chi connectivity index (χ3n) is 4.21. The molecule has 1 atom stereocenters. The molecule has 0 bridgehead atoms. The molecule has 0 amide bonds. The molecule has 0 saturated heterocycles. The Labute approximate surface area is 117 Å². The minimum atomic E-state index is -0.338. The zero-order valence-corrected chi connectivity index (χ0v) is 12.3. The van der Waals surface area contributed by atoms with E-state index in [4.69, 9.17) is 0 Å². The summed E-state index contributed by atoms with van der Waals surface area (Å²) in [6, 6.07) is 4.98. The first kappa shape index (κ1) is 14.0. The molecular formula is C15H20BrFO. The van der Waals surface area contributed by atoms with Crippen LogP contribution in [-0.2, 0) is 6.42 Å². The Balaban J connectivity index is 2.05. The Bertz CT molecular complexity index is 413. The van der Waals surface area contributed by atoms with E-state index in [0.717, 1.165) is 18.4 Å². The summed E-state index contributed by atoms with van der Waals surface area (Å²) in [6.45, 7) is 2.18. The van der Waals surface area contributed by atoms with Gasteiger partial charge in [-0.2, -0.15) is 0 Å². The first-order chi connectivity index (χ1) is 8.51. The molecule has 1 aromatic rings. The molecule has 1 aliphatic rings. The zero-order chi connectivity index (χ0) is 13.2. The lowest BCUT2D eigenvalue weighted by Gasteiger charge is -2.38. The van der Waals surface area contributed by atoms with Crippen LogP contribution in [0.15, 0.2) is 22.7 Å². The van der Waals surface area contributed by atoms with Crippen LogP contribution in [0.4, 0.5) is 4.39 Å². The van der Waals surface area contributed by atoms with Crippen LogP contribution in [0.3, 0.4) is 0 Å². The molecule has 0 heterocycles. The molecule has 1 nitrogen and oxygen atoms in total. The second-order valence-corrected chi connectivity index (χ2v) is 6.54. The van der Waals surface area contributed by atoms with Crippen molar-refractivity contribution in [1.29, 1.82) is 0 Å². The maximum Gasteiger partial charge on any atom is 0.137 e. The van der Waals surface area contributed by atoms with Gasteiger partial charge in [-0.3, -0.25) is 0 Å². The van der Waals surface area contributed by atoms with Gasteiger partial charge in [-0.05, 0) is 58.3 Å². The van der Waals surface area contributed by atoms with Crippen molar-refractivity contribution in [3.63, 3.8) is 0 Å². The van der Waals surface area contributed by atoms with E-state index in [9.17, 15) is 9.50 Å². The van der Waals surface area contributed by atoms with Crippen LogP contribution in [0, 0.1) is 11.2 Å². The summed E-state index contributed by atoms with van der Waals surface area (Å²) in [5.74, 6) is -0.253. The van der Waals surface area contributed by atoms with Gasteiger partial charge in [0.25, 0.3) is 0 Å². The van der Waals surface area contributed by atoms with E-state index in [1.165, 1.54) is 25.3 Å². The highest BCUT2D eigenvalue weighted by Crippen LogP contribution is 2.39. The number of aliphatic hydroxyl groups is 1. The summed E-state index contributed by atoms with van der Waals surface area (Å²) in [5.41, 5.74) is 1.02. The molecule has 1 saturated carbocycles. The predicted octanol–water partition coefficient (Wildman–Crippen LogP) is 4.46. The van der Waals surface area contributed by atoms with E-state index in [0.29, 0.717) is 10.9 Å². The SMILES string of the molecule is CC1(C(O)Cc2ccc(F)c(Br)c2)CCCCC1. The van der Waals surface area contributed by atoms with E-state index in [1.54, 1.807) is 12.1 Å². The third-order valence-corrected chi connectivity index (χ3v) is 4.82. The van der Waals surface area contributed by atoms with Gasteiger partial charge < -0.3 is 5.11 Å². The molecule has 100 valence electrons. The largest absolute Gasteiger partial charge is 0.392 e. The number of halogens is 2. The average Bonchev–Trinajstić information content (AvgIpc) is 2.35. The normalized spacial score (nSPS) is 20.7. The topological polar surface area (TPSA) is 20.2 Å². The number of hydrogen-bond acceptors (Lipinski definition) is 1. The van der Waals surface area contributed by atoms with Gasteiger partial charge in [0.15, 0.2) is 0 Å². The van der Waals surface area contributed by atoms with E-state index >= 15 is 0 Å². The van der Waals surface area contributed by atoms with Crippen LogP contribution >= 0.6 is 15.9 Å². The van der Waals surface area contributed by atoms with Gasteiger partial charge in [-0.1, -0.05) is 32.3 Å². The molecule has 1 fully saturated rings. The van der Waals surface area contributed by atoms with Crippen molar-refractivity contribution in [2.24, 2.45) is 5.41 Å². The smallest absolute Gasteiger partial charge is 0.137 e. The lowest BCUT2D eigenvalue weighted by atomic mass is 9.70. The summed E-state index contributed by atoms with van der Waals surface area (Å²) in [6.07, 6.45) is 6.16. The molecule has 0 aliphatic heterocycles. The van der Waals surface area contributed by atoms with E-state index in [1.807, 2.05) is 0 Å². The molecule has 18 heavy (non-hydrogen) atoms. The van der Waals surface area contributed by atoms with Crippen molar-refractivity contribution < 1.29 is 9.50 Å². The molecule has 0 aromatic heterocycles. The van der Waals surface area contributed by atoms with Gasteiger partial charge in [0, 0.05) is 0 Å². The van der Waals surface area contributed by atoms with Crippen LogP contribution in [-0.4, -0.2) is 11.2 Å². The monoisotopic (exact) mass is 314 g/mol. The zero-order valence-electron chi connectivity index (χ0n) is 10.8. The molecule has 0 spiro atoms. The summed E-state index contributed by atoms with van der Waals surface area (Å²) in [4.78, 5) is 0. The Kier molecular flexibility index (Phi) is 4.44. The Morgan fingerprint density at radius 3 is 2.61 bits per heavy atom. The van der Waals surface area contributed by atoms with E-state index < -0.39 is 0 Å². The minimum Gasteiger partial charge on any atom is -0.392 e. The fourth-order valence-corrected chi connectivity index (χ4v) is 3.26. The third kappa shape index (κ3) is 3.12. The van der Waals surface area contributed by atoms with Crippen LogP contribution in [0.1, 0.15) is 44.6 Å².